The van der Waals surface area contributed by atoms with Crippen LogP contribution in [-0.4, -0.2) is 43.5 Å². The third kappa shape index (κ3) is 7.15. The molecule has 1 rings (SSSR count). The Labute approximate surface area is 135 Å². The van der Waals surface area contributed by atoms with Crippen molar-refractivity contribution < 1.29 is 20.6 Å². The van der Waals surface area contributed by atoms with Gasteiger partial charge in [-0.1, -0.05) is 6.08 Å². The quantitative estimate of drug-likeness (QED) is 0.541. The summed E-state index contributed by atoms with van der Waals surface area (Å²) in [6, 6.07) is 0.768. The summed E-state index contributed by atoms with van der Waals surface area (Å²) < 4.78 is 31.5. The lowest BCUT2D eigenvalue weighted by Crippen LogP contribution is -2.61. The monoisotopic (exact) mass is 382 g/mol. The van der Waals surface area contributed by atoms with E-state index in [2.05, 4.69) is 59.0 Å². The van der Waals surface area contributed by atoms with Crippen molar-refractivity contribution in [2.24, 2.45) is 0 Å². The third-order valence-electron chi connectivity index (χ3n) is 2.66. The van der Waals surface area contributed by atoms with Crippen LogP contribution in [0.5, 0.6) is 0 Å². The number of rotatable bonds is 2. The van der Waals surface area contributed by atoms with Gasteiger partial charge in [0.05, 0.1) is 0 Å². The second kappa shape index (κ2) is 6.63. The van der Waals surface area contributed by atoms with Crippen molar-refractivity contribution in [1.29, 1.82) is 0 Å². The average Bonchev–Trinajstić information content (AvgIpc) is 2.06. The standard InChI is InChI=1S/C11H30O5Si5/c1-10-11-17-12-18(2,3)14-20(6,7)16-21(8,9)15-19(4,5)13-17/h10,17H,1,11H2,2-9H3. The minimum Gasteiger partial charge on any atom is -0.418 e. The molecular weight excluding hydrogens is 353 g/mol. The minimum atomic E-state index is -2.28. The Hall–Kier alpha value is 0.624. The SMILES string of the molecule is C=CC[SiH]1O[Si](C)(C)O[Si](C)(C)O[Si](C)(C)O[Si](C)(C)O1. The fourth-order valence-electron chi connectivity index (χ4n) is 2.76. The average molecular weight is 383 g/mol. The van der Waals surface area contributed by atoms with Gasteiger partial charge in [0.15, 0.2) is 0 Å². The predicted octanol–water partition coefficient (Wildman–Crippen LogP) is 3.30. The van der Waals surface area contributed by atoms with Crippen molar-refractivity contribution in [3.8, 4) is 0 Å². The number of hydrogen-bond donors (Lipinski definition) is 0. The van der Waals surface area contributed by atoms with E-state index in [0.29, 0.717) is 0 Å². The molecule has 0 saturated carbocycles. The van der Waals surface area contributed by atoms with Gasteiger partial charge in [-0.2, -0.15) is 0 Å². The lowest BCUT2D eigenvalue weighted by molar-refractivity contribution is 0.248. The van der Waals surface area contributed by atoms with Gasteiger partial charge in [0.1, 0.15) is 0 Å². The molecule has 0 unspecified atom stereocenters. The van der Waals surface area contributed by atoms with Crippen molar-refractivity contribution in [3.63, 3.8) is 0 Å². The van der Waals surface area contributed by atoms with Gasteiger partial charge in [-0.15, -0.1) is 6.58 Å². The summed E-state index contributed by atoms with van der Waals surface area (Å²) in [5.41, 5.74) is 0. The Morgan fingerprint density at radius 2 is 1.05 bits per heavy atom. The first-order chi connectivity index (χ1) is 9.26. The second-order valence-electron chi connectivity index (χ2n) is 7.10. The first-order valence-electron chi connectivity index (χ1n) is 7.33. The molecule has 0 atom stereocenters. The molecule has 5 nitrogen and oxygen atoms in total. The van der Waals surface area contributed by atoms with Crippen LogP contribution in [0.2, 0.25) is 58.4 Å². The molecule has 0 bridgehead atoms. The van der Waals surface area contributed by atoms with Crippen LogP contribution in [0.1, 0.15) is 0 Å². The highest BCUT2D eigenvalue weighted by molar-refractivity contribution is 6.90. The van der Waals surface area contributed by atoms with Crippen LogP contribution in [0.4, 0.5) is 0 Å². The maximum Gasteiger partial charge on any atom is 0.314 e. The summed E-state index contributed by atoms with van der Waals surface area (Å²) >= 11 is 0. The summed E-state index contributed by atoms with van der Waals surface area (Å²) in [5, 5.41) is 0. The van der Waals surface area contributed by atoms with Gasteiger partial charge in [-0.3, -0.25) is 0 Å². The van der Waals surface area contributed by atoms with E-state index in [1.165, 1.54) is 0 Å². The molecule has 1 aliphatic rings. The van der Waals surface area contributed by atoms with Crippen LogP contribution in [0, 0.1) is 0 Å². The molecule has 0 aliphatic carbocycles. The van der Waals surface area contributed by atoms with Gasteiger partial charge >= 0.3 is 43.5 Å². The number of allylic oxidation sites excluding steroid dienone is 1. The zero-order valence-electron chi connectivity index (χ0n) is 14.6. The molecular formula is C11H30O5Si5. The Balaban J connectivity index is 3.10. The van der Waals surface area contributed by atoms with E-state index in [1.807, 2.05) is 6.08 Å². The van der Waals surface area contributed by atoms with E-state index in [9.17, 15) is 0 Å². The predicted molar refractivity (Wildman–Crippen MR) is 97.5 cm³/mol. The van der Waals surface area contributed by atoms with E-state index >= 15 is 0 Å². The maximum atomic E-state index is 6.31. The normalized spacial score (nSPS) is 28.8. The van der Waals surface area contributed by atoms with Crippen LogP contribution in [-0.2, 0) is 20.6 Å². The molecule has 0 aromatic heterocycles. The molecule has 0 aromatic carbocycles. The van der Waals surface area contributed by atoms with E-state index < -0.39 is 43.5 Å². The second-order valence-corrected chi connectivity index (χ2v) is 24.0. The molecule has 0 spiro atoms. The summed E-state index contributed by atoms with van der Waals surface area (Å²) in [7, 11) is -11.0. The Morgan fingerprint density at radius 1 is 0.714 bits per heavy atom. The summed E-state index contributed by atoms with van der Waals surface area (Å²) in [6.45, 7) is 20.4. The van der Waals surface area contributed by atoms with E-state index in [0.717, 1.165) is 6.04 Å². The lowest BCUT2D eigenvalue weighted by Gasteiger charge is -2.44. The van der Waals surface area contributed by atoms with E-state index in [1.54, 1.807) is 0 Å². The summed E-state index contributed by atoms with van der Waals surface area (Å²) in [5.74, 6) is 0. The molecule has 1 fully saturated rings. The van der Waals surface area contributed by atoms with Crippen LogP contribution in [0.25, 0.3) is 0 Å². The molecule has 1 aliphatic heterocycles. The van der Waals surface area contributed by atoms with Crippen LogP contribution in [0.15, 0.2) is 12.7 Å². The molecule has 124 valence electrons. The fourth-order valence-corrected chi connectivity index (χ4v) is 26.0. The smallest absolute Gasteiger partial charge is 0.314 e. The molecule has 21 heavy (non-hydrogen) atoms. The lowest BCUT2D eigenvalue weighted by atomic mass is 10.8. The van der Waals surface area contributed by atoms with Crippen molar-refractivity contribution in [1.82, 2.24) is 0 Å². The van der Waals surface area contributed by atoms with Crippen LogP contribution < -0.4 is 0 Å². The largest absolute Gasteiger partial charge is 0.418 e. The molecule has 0 aromatic rings. The van der Waals surface area contributed by atoms with Gasteiger partial charge in [0.2, 0.25) is 0 Å². The zero-order chi connectivity index (χ0) is 16.5. The van der Waals surface area contributed by atoms with Crippen molar-refractivity contribution >= 4 is 43.5 Å². The maximum absolute atomic E-state index is 6.31. The van der Waals surface area contributed by atoms with Gasteiger partial charge in [0, 0.05) is 6.04 Å². The summed E-state index contributed by atoms with van der Waals surface area (Å²) in [4.78, 5) is 0. The van der Waals surface area contributed by atoms with Crippen molar-refractivity contribution in [2.45, 2.75) is 58.4 Å². The minimum absolute atomic E-state index is 0.768. The van der Waals surface area contributed by atoms with Gasteiger partial charge in [-0.05, 0) is 52.4 Å². The zero-order valence-corrected chi connectivity index (χ0v) is 19.8. The number of hydrogen-bond acceptors (Lipinski definition) is 5. The highest BCUT2D eigenvalue weighted by Crippen LogP contribution is 2.28. The molecule has 1 saturated heterocycles. The third-order valence-corrected chi connectivity index (χ3v) is 21.8. The van der Waals surface area contributed by atoms with Gasteiger partial charge < -0.3 is 20.6 Å². The van der Waals surface area contributed by atoms with Crippen molar-refractivity contribution in [3.05, 3.63) is 12.7 Å². The molecule has 0 radical (unpaired) electrons. The van der Waals surface area contributed by atoms with Crippen LogP contribution in [0.3, 0.4) is 0 Å². The fraction of sp³-hybridized carbons (Fsp3) is 0.818. The van der Waals surface area contributed by atoms with E-state index in [4.69, 9.17) is 20.6 Å². The summed E-state index contributed by atoms with van der Waals surface area (Å²) in [6.07, 6.45) is 1.87. The first kappa shape index (κ1) is 19.7. The van der Waals surface area contributed by atoms with Crippen LogP contribution >= 0.6 is 0 Å². The molecule has 10 heteroatoms. The molecule has 0 amide bonds. The highest BCUT2D eigenvalue weighted by atomic mass is 28.5. The van der Waals surface area contributed by atoms with E-state index in [-0.39, 0.29) is 0 Å². The Bertz CT molecular complexity index is 355. The van der Waals surface area contributed by atoms with Crippen molar-refractivity contribution in [2.75, 3.05) is 0 Å². The first-order valence-corrected chi connectivity index (χ1v) is 20.4. The Kier molecular flexibility index (Phi) is 6.21. The molecule has 0 N–H and O–H groups in total. The highest BCUT2D eigenvalue weighted by Gasteiger charge is 2.48. The topological polar surface area (TPSA) is 46.2 Å². The molecule has 1 heterocycles. The van der Waals surface area contributed by atoms with Gasteiger partial charge in [-0.25, -0.2) is 0 Å². The van der Waals surface area contributed by atoms with Gasteiger partial charge in [0.25, 0.3) is 0 Å². The Morgan fingerprint density at radius 3 is 1.38 bits per heavy atom.